The topological polar surface area (TPSA) is 67.9 Å². The smallest absolute Gasteiger partial charge is 0.144 e. The van der Waals surface area contributed by atoms with Crippen LogP contribution < -0.4 is 4.74 Å². The Balaban J connectivity index is 1.86. The molecule has 0 radical (unpaired) electrons. The van der Waals surface area contributed by atoms with Gasteiger partial charge in [0.15, 0.2) is 0 Å². The molecule has 0 amide bonds. The number of carbonyl (C=O) groups is 1. The van der Waals surface area contributed by atoms with Crippen molar-refractivity contribution in [3.63, 3.8) is 0 Å². The Hall–Kier alpha value is -3.65. The van der Waals surface area contributed by atoms with Gasteiger partial charge in [-0.15, -0.1) is 0 Å². The molecule has 3 aromatic rings. The maximum absolute atomic E-state index is 13.6. The molecule has 308 valence electrons. The van der Waals surface area contributed by atoms with Crippen LogP contribution >= 0.6 is 0 Å². The maximum atomic E-state index is 13.6. The standard InChI is InChI=1S/C51H77N3O2/c1-19-43(55)51(18,48(12,13)14)31-38(5)50(17,34-49(15,16)32-39(33-52)46(6,7)8)37(4)23-22-28-56-40-29-35(2)44(36(3)30-40)54-27-26-53-45(54)41-24-20-21-25-42(41)47(9,10)11/h20-21,24-27,29-30,38-39H,4,19,22-23,28,31-32,34H2,1-3,5-18H3. The molecule has 0 aliphatic rings. The summed E-state index contributed by atoms with van der Waals surface area (Å²) in [5.41, 5.74) is 5.90. The first-order valence-corrected chi connectivity index (χ1v) is 21.1. The fourth-order valence-corrected chi connectivity index (χ4v) is 9.03. The summed E-state index contributed by atoms with van der Waals surface area (Å²) in [5, 5.41) is 10.2. The predicted molar refractivity (Wildman–Crippen MR) is 237 cm³/mol. The highest BCUT2D eigenvalue weighted by molar-refractivity contribution is 5.85. The van der Waals surface area contributed by atoms with E-state index >= 15 is 0 Å². The van der Waals surface area contributed by atoms with Crippen LogP contribution in [0.4, 0.5) is 0 Å². The lowest BCUT2D eigenvalue weighted by atomic mass is 9.54. The van der Waals surface area contributed by atoms with E-state index in [1.54, 1.807) is 0 Å². The number of ketones is 1. The third-order valence-corrected chi connectivity index (χ3v) is 13.2. The van der Waals surface area contributed by atoms with Crippen molar-refractivity contribution in [2.24, 2.45) is 38.9 Å². The van der Waals surface area contributed by atoms with Crippen LogP contribution in [0.1, 0.15) is 159 Å². The number of carbonyl (C=O) groups excluding carboxylic acids is 1. The number of ether oxygens (including phenoxy) is 1. The van der Waals surface area contributed by atoms with Crippen molar-refractivity contribution < 1.29 is 9.53 Å². The second-order valence-electron chi connectivity index (χ2n) is 21.4. The molecule has 1 aromatic heterocycles. The minimum Gasteiger partial charge on any atom is -0.494 e. The number of Topliss-reactive ketones (excluding diaryl/α,β-unsaturated/α-hetero) is 1. The van der Waals surface area contributed by atoms with Gasteiger partial charge in [0.2, 0.25) is 0 Å². The molecule has 0 fully saturated rings. The van der Waals surface area contributed by atoms with Crippen LogP contribution in [0.2, 0.25) is 0 Å². The molecular formula is C51H77N3O2. The van der Waals surface area contributed by atoms with Crippen molar-refractivity contribution in [3.8, 4) is 28.9 Å². The molecule has 0 spiro atoms. The van der Waals surface area contributed by atoms with Gasteiger partial charge >= 0.3 is 0 Å². The molecule has 4 atom stereocenters. The van der Waals surface area contributed by atoms with Crippen molar-refractivity contribution in [2.75, 3.05) is 6.61 Å². The van der Waals surface area contributed by atoms with E-state index in [0.29, 0.717) is 18.8 Å². The summed E-state index contributed by atoms with van der Waals surface area (Å²) in [7, 11) is 0. The molecule has 0 saturated heterocycles. The van der Waals surface area contributed by atoms with Gasteiger partial charge in [0.1, 0.15) is 17.4 Å². The Labute approximate surface area is 342 Å². The SMILES string of the molecule is C=C(CCCOc1cc(C)c(-n2ccnc2-c2ccccc2C(C)(C)C)c(C)c1)C(C)(CC(C)(C)CC(C#N)C(C)(C)C)C(C)CC(C)(C(=O)CC)C(C)(C)C. The number of hydrogen-bond acceptors (Lipinski definition) is 4. The van der Waals surface area contributed by atoms with Gasteiger partial charge in [-0.05, 0) is 108 Å². The predicted octanol–water partition coefficient (Wildman–Crippen LogP) is 14.2. The first-order chi connectivity index (χ1) is 25.6. The van der Waals surface area contributed by atoms with Crippen molar-refractivity contribution in [2.45, 2.75) is 162 Å². The summed E-state index contributed by atoms with van der Waals surface area (Å²) < 4.78 is 8.69. The Kier molecular flexibility index (Phi) is 14.6. The van der Waals surface area contributed by atoms with E-state index in [2.05, 4.69) is 164 Å². The van der Waals surface area contributed by atoms with E-state index < -0.39 is 5.41 Å². The molecule has 0 aliphatic heterocycles. The fraction of sp³-hybridized carbons (Fsp3) is 0.627. The van der Waals surface area contributed by atoms with Crippen molar-refractivity contribution in [1.29, 1.82) is 5.26 Å². The number of nitriles is 1. The quantitative estimate of drug-likeness (QED) is 0.101. The molecular weight excluding hydrogens is 687 g/mol. The Morgan fingerprint density at radius 3 is 2.04 bits per heavy atom. The number of aryl methyl sites for hydroxylation is 2. The zero-order valence-electron chi connectivity index (χ0n) is 38.6. The lowest BCUT2D eigenvalue weighted by molar-refractivity contribution is -0.136. The van der Waals surface area contributed by atoms with Crippen molar-refractivity contribution in [3.05, 3.63) is 77.6 Å². The number of nitrogens with zero attached hydrogens (tertiary/aromatic N) is 3. The maximum Gasteiger partial charge on any atom is 0.144 e. The molecule has 3 rings (SSSR count). The molecule has 1 heterocycles. The van der Waals surface area contributed by atoms with Crippen LogP contribution in [0.15, 0.2) is 60.9 Å². The van der Waals surface area contributed by atoms with Crippen LogP contribution in [0.25, 0.3) is 17.1 Å². The summed E-state index contributed by atoms with van der Waals surface area (Å²) in [6, 6.07) is 15.5. The molecule has 0 bridgehead atoms. The van der Waals surface area contributed by atoms with Gasteiger partial charge in [-0.3, -0.25) is 9.36 Å². The molecule has 5 heteroatoms. The van der Waals surface area contributed by atoms with E-state index in [9.17, 15) is 10.1 Å². The number of hydrogen-bond donors (Lipinski definition) is 0. The lowest BCUT2D eigenvalue weighted by Crippen LogP contribution is -2.45. The zero-order chi connectivity index (χ0) is 42.7. The molecule has 0 N–H and O–H groups in total. The Morgan fingerprint density at radius 2 is 1.52 bits per heavy atom. The van der Waals surface area contributed by atoms with Crippen LogP contribution in [0.3, 0.4) is 0 Å². The minimum absolute atomic E-state index is 0.0139. The van der Waals surface area contributed by atoms with E-state index in [1.165, 1.54) is 11.1 Å². The van der Waals surface area contributed by atoms with Gasteiger partial charge in [-0.1, -0.05) is 140 Å². The first-order valence-electron chi connectivity index (χ1n) is 21.1. The molecule has 0 aliphatic carbocycles. The third kappa shape index (κ3) is 10.6. The summed E-state index contributed by atoms with van der Waals surface area (Å²) in [6.07, 6.45) is 8.64. The largest absolute Gasteiger partial charge is 0.494 e. The minimum atomic E-state index is -0.466. The number of benzene rings is 2. The van der Waals surface area contributed by atoms with Crippen LogP contribution in [0, 0.1) is 64.1 Å². The summed E-state index contributed by atoms with van der Waals surface area (Å²) in [6.45, 7) is 43.0. The Bertz CT molecular complexity index is 1840. The number of aromatic nitrogens is 2. The van der Waals surface area contributed by atoms with Gasteiger partial charge < -0.3 is 4.74 Å². The zero-order valence-corrected chi connectivity index (χ0v) is 38.6. The van der Waals surface area contributed by atoms with Gasteiger partial charge in [0.25, 0.3) is 0 Å². The second-order valence-corrected chi connectivity index (χ2v) is 21.4. The molecule has 2 aromatic carbocycles. The van der Waals surface area contributed by atoms with Crippen LogP contribution in [-0.2, 0) is 10.2 Å². The average Bonchev–Trinajstić information content (AvgIpc) is 3.55. The molecule has 56 heavy (non-hydrogen) atoms. The van der Waals surface area contributed by atoms with E-state index in [1.807, 2.05) is 13.1 Å². The molecule has 4 unspecified atom stereocenters. The fourth-order valence-electron chi connectivity index (χ4n) is 9.03. The molecule has 5 nitrogen and oxygen atoms in total. The van der Waals surface area contributed by atoms with Crippen molar-refractivity contribution >= 4 is 5.78 Å². The van der Waals surface area contributed by atoms with E-state index in [4.69, 9.17) is 16.3 Å². The normalized spacial score (nSPS) is 16.0. The number of imidazole rings is 1. The van der Waals surface area contributed by atoms with Crippen molar-refractivity contribution in [1.82, 2.24) is 9.55 Å². The van der Waals surface area contributed by atoms with Gasteiger partial charge in [0, 0.05) is 29.8 Å². The monoisotopic (exact) mass is 764 g/mol. The highest BCUT2D eigenvalue weighted by atomic mass is 16.5. The van der Waals surface area contributed by atoms with Gasteiger partial charge in [0.05, 0.1) is 24.3 Å². The summed E-state index contributed by atoms with van der Waals surface area (Å²) in [4.78, 5) is 18.5. The second kappa shape index (κ2) is 17.5. The lowest BCUT2D eigenvalue weighted by Gasteiger charge is -2.49. The highest BCUT2D eigenvalue weighted by Gasteiger charge is 2.48. The van der Waals surface area contributed by atoms with Gasteiger partial charge in [-0.25, -0.2) is 4.98 Å². The van der Waals surface area contributed by atoms with E-state index in [-0.39, 0.29) is 38.9 Å². The van der Waals surface area contributed by atoms with Gasteiger partial charge in [-0.2, -0.15) is 5.26 Å². The third-order valence-electron chi connectivity index (χ3n) is 13.2. The van der Waals surface area contributed by atoms with E-state index in [0.717, 1.165) is 66.1 Å². The van der Waals surface area contributed by atoms with Crippen LogP contribution in [0.5, 0.6) is 5.75 Å². The van der Waals surface area contributed by atoms with Crippen LogP contribution in [-0.4, -0.2) is 21.9 Å². The average molecular weight is 764 g/mol. The number of rotatable bonds is 17. The first kappa shape index (κ1) is 46.7. The summed E-state index contributed by atoms with van der Waals surface area (Å²) >= 11 is 0. The highest BCUT2D eigenvalue weighted by Crippen LogP contribution is 2.54. The number of allylic oxidation sites excluding steroid dienone is 1. The molecule has 0 saturated carbocycles. The Morgan fingerprint density at radius 1 is 0.929 bits per heavy atom. The summed E-state index contributed by atoms with van der Waals surface area (Å²) in [5.74, 6) is 2.28.